The van der Waals surface area contributed by atoms with Gasteiger partial charge in [0.2, 0.25) is 0 Å². The molecule has 0 saturated heterocycles. The van der Waals surface area contributed by atoms with Crippen LogP contribution in [0.4, 0.5) is 0 Å². The monoisotopic (exact) mass is 326 g/mol. The summed E-state index contributed by atoms with van der Waals surface area (Å²) in [5, 5.41) is 0.242. The molecular weight excluding hydrogens is 300 g/mol. The van der Waals surface area contributed by atoms with E-state index in [2.05, 4.69) is 55.5 Å². The SMILES string of the molecule is C[C@H](c1ccccc1)[C@@H](CC(=O)C(C)(C)C)Sc1ccccc1. The van der Waals surface area contributed by atoms with Crippen LogP contribution >= 0.6 is 11.8 Å². The molecule has 2 heteroatoms. The van der Waals surface area contributed by atoms with Crippen molar-refractivity contribution in [3.8, 4) is 0 Å². The number of ketones is 1. The number of thioether (sulfide) groups is 1. The van der Waals surface area contributed by atoms with Gasteiger partial charge < -0.3 is 0 Å². The van der Waals surface area contributed by atoms with Crippen molar-refractivity contribution in [3.63, 3.8) is 0 Å². The molecule has 122 valence electrons. The van der Waals surface area contributed by atoms with Crippen molar-refractivity contribution in [1.29, 1.82) is 0 Å². The van der Waals surface area contributed by atoms with Crippen LogP contribution < -0.4 is 0 Å². The first kappa shape index (κ1) is 17.8. The zero-order chi connectivity index (χ0) is 16.9. The standard InChI is InChI=1S/C21H26OS/c1-16(17-11-7-5-8-12-17)19(15-20(22)21(2,3)4)23-18-13-9-6-10-14-18/h5-14,16,19H,15H2,1-4H3/t16-,19-/m1/s1. The van der Waals surface area contributed by atoms with Gasteiger partial charge in [-0.3, -0.25) is 4.79 Å². The van der Waals surface area contributed by atoms with E-state index < -0.39 is 0 Å². The Balaban J connectivity index is 2.22. The topological polar surface area (TPSA) is 17.1 Å². The average Bonchev–Trinajstić information content (AvgIpc) is 2.54. The molecule has 0 aromatic heterocycles. The van der Waals surface area contributed by atoms with Crippen molar-refractivity contribution in [2.24, 2.45) is 5.41 Å². The number of benzene rings is 2. The van der Waals surface area contributed by atoms with Gasteiger partial charge in [0.05, 0.1) is 0 Å². The molecule has 0 bridgehead atoms. The lowest BCUT2D eigenvalue weighted by Gasteiger charge is -2.27. The molecular formula is C21H26OS. The summed E-state index contributed by atoms with van der Waals surface area (Å²) in [6, 6.07) is 20.9. The Kier molecular flexibility index (Phi) is 6.06. The van der Waals surface area contributed by atoms with Crippen LogP contribution in [0.25, 0.3) is 0 Å². The average molecular weight is 327 g/mol. The summed E-state index contributed by atoms with van der Waals surface area (Å²) in [5.41, 5.74) is 1.01. The molecule has 0 aliphatic carbocycles. The van der Waals surface area contributed by atoms with Crippen molar-refractivity contribution in [2.75, 3.05) is 0 Å². The predicted octanol–water partition coefficient (Wildman–Crippen LogP) is 5.96. The van der Waals surface area contributed by atoms with Gasteiger partial charge in [0, 0.05) is 22.0 Å². The van der Waals surface area contributed by atoms with E-state index in [1.807, 2.05) is 44.7 Å². The third-order valence-electron chi connectivity index (χ3n) is 4.14. The van der Waals surface area contributed by atoms with Crippen LogP contribution in [0.5, 0.6) is 0 Å². The summed E-state index contributed by atoms with van der Waals surface area (Å²) in [6.45, 7) is 8.25. The van der Waals surface area contributed by atoms with Crippen molar-refractivity contribution >= 4 is 17.5 Å². The minimum Gasteiger partial charge on any atom is -0.299 e. The van der Waals surface area contributed by atoms with E-state index in [1.54, 1.807) is 0 Å². The normalized spacial score (nSPS) is 14.3. The minimum absolute atomic E-state index is 0.242. The van der Waals surface area contributed by atoms with Crippen molar-refractivity contribution < 1.29 is 4.79 Å². The smallest absolute Gasteiger partial charge is 0.139 e. The molecule has 2 aromatic carbocycles. The highest BCUT2D eigenvalue weighted by atomic mass is 32.2. The Labute approximate surface area is 144 Å². The van der Waals surface area contributed by atoms with Crippen LogP contribution in [0.3, 0.4) is 0 Å². The second-order valence-electron chi connectivity index (χ2n) is 7.05. The number of hydrogen-bond acceptors (Lipinski definition) is 2. The van der Waals surface area contributed by atoms with E-state index in [4.69, 9.17) is 0 Å². The zero-order valence-corrected chi connectivity index (χ0v) is 15.3. The van der Waals surface area contributed by atoms with Crippen LogP contribution in [-0.2, 0) is 4.79 Å². The number of rotatable bonds is 6. The summed E-state index contributed by atoms with van der Waals surface area (Å²) >= 11 is 1.82. The quantitative estimate of drug-likeness (QED) is 0.610. The highest BCUT2D eigenvalue weighted by molar-refractivity contribution is 8.00. The van der Waals surface area contributed by atoms with Crippen molar-refractivity contribution in [1.82, 2.24) is 0 Å². The van der Waals surface area contributed by atoms with E-state index in [9.17, 15) is 4.79 Å². The zero-order valence-electron chi connectivity index (χ0n) is 14.5. The highest BCUT2D eigenvalue weighted by Crippen LogP contribution is 2.37. The molecule has 23 heavy (non-hydrogen) atoms. The number of carbonyl (C=O) groups excluding carboxylic acids is 1. The molecule has 0 fully saturated rings. The van der Waals surface area contributed by atoms with E-state index in [0.717, 1.165) is 0 Å². The maximum absolute atomic E-state index is 12.6. The van der Waals surface area contributed by atoms with Gasteiger partial charge in [-0.1, -0.05) is 76.2 Å². The Morgan fingerprint density at radius 3 is 2.00 bits per heavy atom. The first-order chi connectivity index (χ1) is 10.9. The maximum Gasteiger partial charge on any atom is 0.139 e. The molecule has 2 rings (SSSR count). The van der Waals surface area contributed by atoms with Gasteiger partial charge in [-0.25, -0.2) is 0 Å². The lowest BCUT2D eigenvalue weighted by molar-refractivity contribution is -0.126. The fourth-order valence-corrected chi connectivity index (χ4v) is 3.71. The molecule has 0 amide bonds. The van der Waals surface area contributed by atoms with Gasteiger partial charge in [0.15, 0.2) is 0 Å². The van der Waals surface area contributed by atoms with Crippen LogP contribution in [0.15, 0.2) is 65.6 Å². The van der Waals surface area contributed by atoms with Gasteiger partial charge in [0.25, 0.3) is 0 Å². The molecule has 1 nitrogen and oxygen atoms in total. The molecule has 0 radical (unpaired) electrons. The number of hydrogen-bond donors (Lipinski definition) is 0. The van der Waals surface area contributed by atoms with E-state index in [0.29, 0.717) is 18.1 Å². The number of carbonyl (C=O) groups is 1. The molecule has 0 aliphatic heterocycles. The third-order valence-corrected chi connectivity index (χ3v) is 5.56. The van der Waals surface area contributed by atoms with Crippen molar-refractivity contribution in [3.05, 3.63) is 66.2 Å². The van der Waals surface area contributed by atoms with Crippen LogP contribution in [0.1, 0.15) is 45.6 Å². The maximum atomic E-state index is 12.6. The summed E-state index contributed by atoms with van der Waals surface area (Å²) < 4.78 is 0. The number of Topliss-reactive ketones (excluding diaryl/α,β-unsaturated/α-hetero) is 1. The lowest BCUT2D eigenvalue weighted by Crippen LogP contribution is -2.26. The van der Waals surface area contributed by atoms with Crippen molar-refractivity contribution in [2.45, 2.75) is 50.2 Å². The van der Waals surface area contributed by atoms with E-state index in [1.165, 1.54) is 10.5 Å². The Hall–Kier alpha value is -1.54. The predicted molar refractivity (Wildman–Crippen MR) is 100 cm³/mol. The van der Waals surface area contributed by atoms with E-state index in [-0.39, 0.29) is 10.7 Å². The van der Waals surface area contributed by atoms with Gasteiger partial charge in [-0.05, 0) is 23.6 Å². The minimum atomic E-state index is -0.286. The summed E-state index contributed by atoms with van der Waals surface area (Å²) in [5.74, 6) is 0.654. The fraction of sp³-hybridized carbons (Fsp3) is 0.381. The fourth-order valence-electron chi connectivity index (χ4n) is 2.45. The second kappa shape index (κ2) is 7.83. The van der Waals surface area contributed by atoms with Crippen LogP contribution in [-0.4, -0.2) is 11.0 Å². The molecule has 2 atom stereocenters. The summed E-state index contributed by atoms with van der Waals surface area (Å²) in [4.78, 5) is 13.8. The van der Waals surface area contributed by atoms with E-state index >= 15 is 0 Å². The largest absolute Gasteiger partial charge is 0.299 e. The molecule has 0 aliphatic rings. The molecule has 0 spiro atoms. The Bertz CT molecular complexity index is 613. The third kappa shape index (κ3) is 5.24. The molecule has 0 unspecified atom stereocenters. The molecule has 2 aromatic rings. The molecule has 0 heterocycles. The molecule has 0 saturated carbocycles. The first-order valence-electron chi connectivity index (χ1n) is 8.18. The Morgan fingerprint density at radius 1 is 0.957 bits per heavy atom. The van der Waals surface area contributed by atoms with Crippen LogP contribution in [0.2, 0.25) is 0 Å². The first-order valence-corrected chi connectivity index (χ1v) is 9.06. The van der Waals surface area contributed by atoms with Crippen LogP contribution in [0, 0.1) is 5.41 Å². The lowest BCUT2D eigenvalue weighted by atomic mass is 9.85. The van der Waals surface area contributed by atoms with Gasteiger partial charge in [0.1, 0.15) is 5.78 Å². The summed E-state index contributed by atoms with van der Waals surface area (Å²) in [6.07, 6.45) is 0.596. The molecule has 0 N–H and O–H groups in total. The van der Waals surface area contributed by atoms with Gasteiger partial charge in [-0.2, -0.15) is 0 Å². The highest BCUT2D eigenvalue weighted by Gasteiger charge is 2.28. The summed E-state index contributed by atoms with van der Waals surface area (Å²) in [7, 11) is 0. The second-order valence-corrected chi connectivity index (χ2v) is 8.36. The Morgan fingerprint density at radius 2 is 1.48 bits per heavy atom. The van der Waals surface area contributed by atoms with Gasteiger partial charge in [-0.15, -0.1) is 11.8 Å². The van der Waals surface area contributed by atoms with Gasteiger partial charge >= 0.3 is 0 Å².